The van der Waals surface area contributed by atoms with Crippen molar-refractivity contribution in [1.82, 2.24) is 14.5 Å². The van der Waals surface area contributed by atoms with Gasteiger partial charge < -0.3 is 10.1 Å². The SMILES string of the molecule is CCSc1nnc(NC(=O)[C@@H]2CCCN(S(=O)(=O)c3ccc(OC)cc3)C2)s1. The Bertz CT molecular complexity index is 915. The molecule has 1 aliphatic rings. The second kappa shape index (κ2) is 9.21. The molecule has 1 amide bonds. The first-order chi connectivity index (χ1) is 13.4. The number of anilines is 1. The number of nitrogens with zero attached hydrogens (tertiary/aromatic N) is 3. The van der Waals surface area contributed by atoms with Crippen molar-refractivity contribution >= 4 is 44.2 Å². The Labute approximate surface area is 172 Å². The summed E-state index contributed by atoms with van der Waals surface area (Å²) in [6.07, 6.45) is 1.26. The smallest absolute Gasteiger partial charge is 0.243 e. The van der Waals surface area contributed by atoms with Crippen molar-refractivity contribution in [2.24, 2.45) is 5.92 Å². The molecule has 1 aromatic carbocycles. The quantitative estimate of drug-likeness (QED) is 0.520. The molecule has 0 aliphatic carbocycles. The van der Waals surface area contributed by atoms with E-state index in [4.69, 9.17) is 4.74 Å². The summed E-state index contributed by atoms with van der Waals surface area (Å²) in [4.78, 5) is 12.8. The van der Waals surface area contributed by atoms with E-state index in [1.165, 1.54) is 34.9 Å². The van der Waals surface area contributed by atoms with Gasteiger partial charge >= 0.3 is 0 Å². The van der Waals surface area contributed by atoms with Gasteiger partial charge in [-0.25, -0.2) is 8.42 Å². The van der Waals surface area contributed by atoms with Crippen molar-refractivity contribution in [3.63, 3.8) is 0 Å². The first-order valence-corrected chi connectivity index (χ1v) is 12.1. The molecule has 1 N–H and O–H groups in total. The van der Waals surface area contributed by atoms with Crippen LogP contribution in [0.2, 0.25) is 0 Å². The average Bonchev–Trinajstić information content (AvgIpc) is 3.15. The highest BCUT2D eigenvalue weighted by Crippen LogP contribution is 2.28. The monoisotopic (exact) mass is 442 g/mol. The number of nitrogens with one attached hydrogen (secondary N) is 1. The molecule has 1 saturated heterocycles. The molecule has 152 valence electrons. The Hall–Kier alpha value is -1.69. The van der Waals surface area contributed by atoms with Crippen molar-refractivity contribution in [3.8, 4) is 5.75 Å². The molecular weight excluding hydrogens is 420 g/mol. The number of carbonyl (C=O) groups excluding carboxylic acids is 1. The average molecular weight is 443 g/mol. The molecule has 1 aromatic heterocycles. The lowest BCUT2D eigenvalue weighted by atomic mass is 9.99. The summed E-state index contributed by atoms with van der Waals surface area (Å²) in [6.45, 7) is 2.56. The number of hydrogen-bond acceptors (Lipinski definition) is 8. The molecule has 1 atom stereocenters. The van der Waals surface area contributed by atoms with Gasteiger partial charge in [-0.05, 0) is 42.9 Å². The third kappa shape index (κ3) is 4.83. The Morgan fingerprint density at radius 1 is 1.36 bits per heavy atom. The highest BCUT2D eigenvalue weighted by Gasteiger charge is 2.33. The minimum Gasteiger partial charge on any atom is -0.497 e. The van der Waals surface area contributed by atoms with Crippen LogP contribution in [0.1, 0.15) is 19.8 Å². The number of methoxy groups -OCH3 is 1. The highest BCUT2D eigenvalue weighted by atomic mass is 32.2. The third-order valence-electron chi connectivity index (χ3n) is 4.36. The Morgan fingerprint density at radius 3 is 2.79 bits per heavy atom. The number of rotatable bonds is 7. The maximum atomic E-state index is 12.9. The summed E-state index contributed by atoms with van der Waals surface area (Å²) in [5.74, 6) is 0.822. The van der Waals surface area contributed by atoms with Gasteiger partial charge in [0, 0.05) is 13.1 Å². The third-order valence-corrected chi connectivity index (χ3v) is 8.09. The van der Waals surface area contributed by atoms with Gasteiger partial charge in [0.15, 0.2) is 4.34 Å². The van der Waals surface area contributed by atoms with Gasteiger partial charge in [0.25, 0.3) is 0 Å². The number of sulfonamides is 1. The molecule has 0 unspecified atom stereocenters. The van der Waals surface area contributed by atoms with E-state index < -0.39 is 15.9 Å². The Balaban J connectivity index is 1.67. The van der Waals surface area contributed by atoms with Crippen molar-refractivity contribution < 1.29 is 17.9 Å². The molecule has 0 saturated carbocycles. The zero-order chi connectivity index (χ0) is 20.1. The summed E-state index contributed by atoms with van der Waals surface area (Å²) < 4.78 is 33.1. The van der Waals surface area contributed by atoms with Gasteiger partial charge in [0.2, 0.25) is 21.1 Å². The van der Waals surface area contributed by atoms with Crippen molar-refractivity contribution in [2.45, 2.75) is 29.0 Å². The Kier molecular flexibility index (Phi) is 6.91. The van der Waals surface area contributed by atoms with E-state index in [0.29, 0.717) is 30.3 Å². The molecule has 0 radical (unpaired) electrons. The predicted octanol–water partition coefficient (Wildman–Crippen LogP) is 2.70. The van der Waals surface area contributed by atoms with Crippen molar-refractivity contribution in [3.05, 3.63) is 24.3 Å². The van der Waals surface area contributed by atoms with E-state index in [1.54, 1.807) is 23.9 Å². The summed E-state index contributed by atoms with van der Waals surface area (Å²) in [5, 5.41) is 11.2. The lowest BCUT2D eigenvalue weighted by Crippen LogP contribution is -2.43. The molecule has 0 bridgehead atoms. The molecule has 28 heavy (non-hydrogen) atoms. The van der Waals surface area contributed by atoms with Crippen LogP contribution < -0.4 is 10.1 Å². The maximum Gasteiger partial charge on any atom is 0.243 e. The standard InChI is InChI=1S/C17H22N4O4S3/c1-3-26-17-20-19-16(27-17)18-15(22)12-5-4-10-21(11-12)28(23,24)14-8-6-13(25-2)7-9-14/h6-9,12H,3-5,10-11H2,1-2H3,(H,18,19,22)/t12-/m1/s1. The topological polar surface area (TPSA) is 101 Å². The fourth-order valence-electron chi connectivity index (χ4n) is 2.92. The van der Waals surface area contributed by atoms with Gasteiger partial charge in [-0.1, -0.05) is 30.0 Å². The van der Waals surface area contributed by atoms with E-state index >= 15 is 0 Å². The van der Waals surface area contributed by atoms with Crippen LogP contribution in [-0.2, 0) is 14.8 Å². The number of amides is 1. The lowest BCUT2D eigenvalue weighted by molar-refractivity contribution is -0.120. The number of ether oxygens (including phenoxy) is 1. The summed E-state index contributed by atoms with van der Waals surface area (Å²) in [7, 11) is -2.13. The fraction of sp³-hybridized carbons (Fsp3) is 0.471. The first-order valence-electron chi connectivity index (χ1n) is 8.85. The molecule has 2 heterocycles. The van der Waals surface area contributed by atoms with E-state index in [2.05, 4.69) is 15.5 Å². The molecule has 0 spiro atoms. The summed E-state index contributed by atoms with van der Waals surface area (Å²) >= 11 is 2.88. The van der Waals surface area contributed by atoms with Gasteiger partial charge in [-0.3, -0.25) is 4.79 Å². The highest BCUT2D eigenvalue weighted by molar-refractivity contribution is 8.01. The number of thioether (sulfide) groups is 1. The van der Waals surface area contributed by atoms with Gasteiger partial charge in [0.05, 0.1) is 17.9 Å². The van der Waals surface area contributed by atoms with Crippen LogP contribution in [0.5, 0.6) is 5.75 Å². The lowest BCUT2D eigenvalue weighted by Gasteiger charge is -2.31. The van der Waals surface area contributed by atoms with Crippen LogP contribution in [0.15, 0.2) is 33.5 Å². The zero-order valence-corrected chi connectivity index (χ0v) is 18.1. The van der Waals surface area contributed by atoms with E-state index in [0.717, 1.165) is 10.1 Å². The van der Waals surface area contributed by atoms with Crippen LogP contribution in [0.4, 0.5) is 5.13 Å². The van der Waals surface area contributed by atoms with Gasteiger partial charge in [-0.2, -0.15) is 4.31 Å². The van der Waals surface area contributed by atoms with Crippen LogP contribution in [0.25, 0.3) is 0 Å². The maximum absolute atomic E-state index is 12.9. The Morgan fingerprint density at radius 2 is 2.11 bits per heavy atom. The second-order valence-corrected chi connectivity index (χ2v) is 10.6. The summed E-state index contributed by atoms with van der Waals surface area (Å²) in [5.41, 5.74) is 0. The van der Waals surface area contributed by atoms with Crippen LogP contribution in [-0.4, -0.2) is 54.8 Å². The second-order valence-electron chi connectivity index (χ2n) is 6.17. The van der Waals surface area contributed by atoms with Gasteiger partial charge in [-0.15, -0.1) is 10.2 Å². The van der Waals surface area contributed by atoms with Crippen molar-refractivity contribution in [2.75, 3.05) is 31.3 Å². The van der Waals surface area contributed by atoms with E-state index in [9.17, 15) is 13.2 Å². The first kappa shape index (κ1) is 21.0. The number of aromatic nitrogens is 2. The number of carbonyl (C=O) groups is 1. The van der Waals surface area contributed by atoms with Crippen LogP contribution in [0, 0.1) is 5.92 Å². The molecule has 3 rings (SSSR count). The minimum absolute atomic E-state index is 0.148. The largest absolute Gasteiger partial charge is 0.497 e. The molecular formula is C17H22N4O4S3. The number of hydrogen-bond donors (Lipinski definition) is 1. The van der Waals surface area contributed by atoms with E-state index in [1.807, 2.05) is 6.92 Å². The molecule has 2 aromatic rings. The molecule has 8 nitrogen and oxygen atoms in total. The van der Waals surface area contributed by atoms with E-state index in [-0.39, 0.29) is 17.3 Å². The normalized spacial score (nSPS) is 18.0. The minimum atomic E-state index is -3.66. The van der Waals surface area contributed by atoms with Gasteiger partial charge in [0.1, 0.15) is 5.75 Å². The molecule has 11 heteroatoms. The zero-order valence-electron chi connectivity index (χ0n) is 15.6. The summed E-state index contributed by atoms with van der Waals surface area (Å²) in [6, 6.07) is 6.27. The molecule has 1 fully saturated rings. The number of benzene rings is 1. The van der Waals surface area contributed by atoms with Crippen molar-refractivity contribution in [1.29, 1.82) is 0 Å². The van der Waals surface area contributed by atoms with Crippen LogP contribution in [0.3, 0.4) is 0 Å². The number of piperidine rings is 1. The molecule has 1 aliphatic heterocycles. The fourth-order valence-corrected chi connectivity index (χ4v) is 6.10. The van der Waals surface area contributed by atoms with Crippen LogP contribution >= 0.6 is 23.1 Å². The predicted molar refractivity (Wildman–Crippen MR) is 109 cm³/mol.